The molecule has 25 heavy (non-hydrogen) atoms. The second kappa shape index (κ2) is 7.03. The molecular formula is C19H22N6. The molecule has 0 unspecified atom stereocenters. The number of aromatic nitrogens is 4. The third-order valence-corrected chi connectivity index (χ3v) is 4.53. The van der Waals surface area contributed by atoms with E-state index in [9.17, 15) is 0 Å². The zero-order chi connectivity index (χ0) is 17.1. The molecule has 0 amide bonds. The molecule has 3 aromatic rings. The van der Waals surface area contributed by atoms with Crippen molar-refractivity contribution in [2.75, 3.05) is 18.4 Å². The van der Waals surface area contributed by atoms with Crippen LogP contribution in [0.1, 0.15) is 18.1 Å². The summed E-state index contributed by atoms with van der Waals surface area (Å²) in [6.07, 6.45) is 9.62. The summed E-state index contributed by atoms with van der Waals surface area (Å²) in [5, 5.41) is 7.89. The van der Waals surface area contributed by atoms with E-state index in [2.05, 4.69) is 50.4 Å². The largest absolute Gasteiger partial charge is 0.383 e. The Bertz CT molecular complexity index is 842. The highest BCUT2D eigenvalue weighted by Gasteiger charge is 2.16. The Morgan fingerprint density at radius 1 is 1.20 bits per heavy atom. The van der Waals surface area contributed by atoms with E-state index in [1.807, 2.05) is 35.7 Å². The Balaban J connectivity index is 1.54. The smallest absolute Gasteiger partial charge is 0.0754 e. The SMILES string of the molecule is CCn1cc(-c2cc3c(cn2)CN(Cc2ccncc2)CCN3)cn1. The number of hydrogen-bond acceptors (Lipinski definition) is 5. The molecule has 0 radical (unpaired) electrons. The van der Waals surface area contributed by atoms with Gasteiger partial charge in [0.05, 0.1) is 11.9 Å². The summed E-state index contributed by atoms with van der Waals surface area (Å²) in [6.45, 7) is 6.70. The van der Waals surface area contributed by atoms with Gasteiger partial charge in [-0.15, -0.1) is 0 Å². The van der Waals surface area contributed by atoms with E-state index < -0.39 is 0 Å². The number of anilines is 1. The molecule has 0 aromatic carbocycles. The Kier molecular flexibility index (Phi) is 4.43. The predicted octanol–water partition coefficient (Wildman–Crippen LogP) is 2.79. The van der Waals surface area contributed by atoms with Crippen LogP contribution in [0.25, 0.3) is 11.3 Å². The maximum Gasteiger partial charge on any atom is 0.0754 e. The van der Waals surface area contributed by atoms with Crippen LogP contribution in [0.4, 0.5) is 5.69 Å². The maximum absolute atomic E-state index is 4.66. The second-order valence-corrected chi connectivity index (χ2v) is 6.30. The minimum absolute atomic E-state index is 0.868. The van der Waals surface area contributed by atoms with Gasteiger partial charge in [-0.05, 0) is 30.7 Å². The van der Waals surface area contributed by atoms with Crippen molar-refractivity contribution in [2.24, 2.45) is 0 Å². The molecular weight excluding hydrogens is 312 g/mol. The average molecular weight is 334 g/mol. The molecule has 1 aliphatic heterocycles. The average Bonchev–Trinajstić information content (AvgIpc) is 3.04. The lowest BCUT2D eigenvalue weighted by molar-refractivity contribution is 0.271. The van der Waals surface area contributed by atoms with Gasteiger partial charge in [0.2, 0.25) is 0 Å². The fourth-order valence-corrected chi connectivity index (χ4v) is 3.15. The maximum atomic E-state index is 4.66. The first kappa shape index (κ1) is 15.8. The molecule has 0 fully saturated rings. The van der Waals surface area contributed by atoms with Crippen LogP contribution < -0.4 is 5.32 Å². The molecule has 0 atom stereocenters. The fourth-order valence-electron chi connectivity index (χ4n) is 3.15. The van der Waals surface area contributed by atoms with E-state index in [0.717, 1.165) is 44.0 Å². The lowest BCUT2D eigenvalue weighted by Gasteiger charge is -2.19. The summed E-state index contributed by atoms with van der Waals surface area (Å²) < 4.78 is 1.92. The molecule has 4 heterocycles. The molecule has 6 nitrogen and oxygen atoms in total. The van der Waals surface area contributed by atoms with Gasteiger partial charge in [-0.25, -0.2) is 0 Å². The zero-order valence-corrected chi connectivity index (χ0v) is 14.4. The number of hydrogen-bond donors (Lipinski definition) is 1. The summed E-state index contributed by atoms with van der Waals surface area (Å²) in [6, 6.07) is 6.29. The third-order valence-electron chi connectivity index (χ3n) is 4.53. The molecule has 128 valence electrons. The van der Waals surface area contributed by atoms with Gasteiger partial charge >= 0.3 is 0 Å². The third kappa shape index (κ3) is 3.53. The molecule has 0 bridgehead atoms. The van der Waals surface area contributed by atoms with Gasteiger partial charge < -0.3 is 5.32 Å². The van der Waals surface area contributed by atoms with E-state index in [4.69, 9.17) is 0 Å². The molecule has 1 aliphatic rings. The van der Waals surface area contributed by atoms with E-state index in [-0.39, 0.29) is 0 Å². The van der Waals surface area contributed by atoms with Crippen LogP contribution >= 0.6 is 0 Å². The fraction of sp³-hybridized carbons (Fsp3) is 0.316. The minimum atomic E-state index is 0.868. The van der Waals surface area contributed by atoms with Gasteiger partial charge in [0.1, 0.15) is 0 Å². The highest BCUT2D eigenvalue weighted by Crippen LogP contribution is 2.26. The van der Waals surface area contributed by atoms with E-state index in [1.54, 1.807) is 0 Å². The lowest BCUT2D eigenvalue weighted by Crippen LogP contribution is -2.25. The molecule has 4 rings (SSSR count). The van der Waals surface area contributed by atoms with Crippen LogP contribution in [-0.2, 0) is 19.6 Å². The van der Waals surface area contributed by atoms with Crippen molar-refractivity contribution in [3.8, 4) is 11.3 Å². The first-order chi connectivity index (χ1) is 12.3. The Morgan fingerprint density at radius 3 is 2.88 bits per heavy atom. The highest BCUT2D eigenvalue weighted by molar-refractivity contribution is 5.65. The van der Waals surface area contributed by atoms with Crippen LogP contribution in [0.5, 0.6) is 0 Å². The van der Waals surface area contributed by atoms with Gasteiger partial charge in [0.15, 0.2) is 0 Å². The predicted molar refractivity (Wildman–Crippen MR) is 98.0 cm³/mol. The molecule has 0 saturated carbocycles. The number of nitrogens with zero attached hydrogens (tertiary/aromatic N) is 5. The number of pyridine rings is 2. The molecule has 3 aromatic heterocycles. The molecule has 0 aliphatic carbocycles. The number of nitrogens with one attached hydrogen (secondary N) is 1. The molecule has 0 saturated heterocycles. The van der Waals surface area contributed by atoms with Gasteiger partial charge in [0.25, 0.3) is 0 Å². The van der Waals surface area contributed by atoms with Gasteiger partial charge in [0, 0.05) is 74.3 Å². The first-order valence-electron chi connectivity index (χ1n) is 8.68. The molecule has 6 heteroatoms. The Hall–Kier alpha value is -2.73. The summed E-state index contributed by atoms with van der Waals surface area (Å²) in [7, 11) is 0. The van der Waals surface area contributed by atoms with Gasteiger partial charge in [-0.3, -0.25) is 19.5 Å². The Morgan fingerprint density at radius 2 is 2.08 bits per heavy atom. The number of fused-ring (bicyclic) bond motifs is 1. The van der Waals surface area contributed by atoms with Crippen molar-refractivity contribution in [3.63, 3.8) is 0 Å². The summed E-state index contributed by atoms with van der Waals surface area (Å²) in [5.41, 5.74) is 5.72. The van der Waals surface area contributed by atoms with Crippen LogP contribution in [-0.4, -0.2) is 37.7 Å². The standard InChI is InChI=1S/C19H22N6/c1-2-25-14-17(11-23-25)19-9-18-16(10-22-19)13-24(8-7-21-18)12-15-3-5-20-6-4-15/h3-6,9-11,14,21H,2,7-8,12-13H2,1H3. The van der Waals surface area contributed by atoms with E-state index >= 15 is 0 Å². The number of aryl methyl sites for hydroxylation is 1. The highest BCUT2D eigenvalue weighted by atomic mass is 15.3. The van der Waals surface area contributed by atoms with Crippen LogP contribution in [0, 0.1) is 0 Å². The van der Waals surface area contributed by atoms with E-state index in [1.165, 1.54) is 16.8 Å². The minimum Gasteiger partial charge on any atom is -0.383 e. The summed E-state index contributed by atoms with van der Waals surface area (Å²) >= 11 is 0. The van der Waals surface area contributed by atoms with Crippen molar-refractivity contribution in [1.82, 2.24) is 24.6 Å². The second-order valence-electron chi connectivity index (χ2n) is 6.30. The van der Waals surface area contributed by atoms with Crippen molar-refractivity contribution in [3.05, 3.63) is 60.3 Å². The summed E-state index contributed by atoms with van der Waals surface area (Å²) in [5.74, 6) is 0. The van der Waals surface area contributed by atoms with Gasteiger partial charge in [-0.2, -0.15) is 5.10 Å². The normalized spacial score (nSPS) is 14.6. The van der Waals surface area contributed by atoms with Crippen molar-refractivity contribution >= 4 is 5.69 Å². The lowest BCUT2D eigenvalue weighted by atomic mass is 10.1. The molecule has 1 N–H and O–H groups in total. The number of rotatable bonds is 4. The Labute approximate surface area is 147 Å². The summed E-state index contributed by atoms with van der Waals surface area (Å²) in [4.78, 5) is 11.2. The van der Waals surface area contributed by atoms with Crippen LogP contribution in [0.15, 0.2) is 49.2 Å². The molecule has 0 spiro atoms. The monoisotopic (exact) mass is 334 g/mol. The zero-order valence-electron chi connectivity index (χ0n) is 14.4. The van der Waals surface area contributed by atoms with Gasteiger partial charge in [-0.1, -0.05) is 0 Å². The van der Waals surface area contributed by atoms with Crippen molar-refractivity contribution in [1.29, 1.82) is 0 Å². The quantitative estimate of drug-likeness (QED) is 0.795. The van der Waals surface area contributed by atoms with Crippen molar-refractivity contribution < 1.29 is 0 Å². The van der Waals surface area contributed by atoms with Crippen molar-refractivity contribution in [2.45, 2.75) is 26.6 Å². The topological polar surface area (TPSA) is 58.9 Å². The van der Waals surface area contributed by atoms with Crippen LogP contribution in [0.3, 0.4) is 0 Å². The first-order valence-corrected chi connectivity index (χ1v) is 8.68. The van der Waals surface area contributed by atoms with Crippen LogP contribution in [0.2, 0.25) is 0 Å². The van der Waals surface area contributed by atoms with E-state index in [0.29, 0.717) is 0 Å².